The van der Waals surface area contributed by atoms with Gasteiger partial charge in [-0.1, -0.05) is 36.5 Å². The molecule has 0 aliphatic heterocycles. The number of carboxylic acid groups (broad SMARTS) is 2. The molecule has 0 aromatic heterocycles. The van der Waals surface area contributed by atoms with Crippen molar-refractivity contribution >= 4 is 11.9 Å². The minimum Gasteiger partial charge on any atom is -0.478 e. The fourth-order valence-electron chi connectivity index (χ4n) is 1.83. The van der Waals surface area contributed by atoms with Crippen LogP contribution in [0.3, 0.4) is 0 Å². The van der Waals surface area contributed by atoms with Crippen LogP contribution in [0.2, 0.25) is 0 Å². The number of rotatable bonds is 2. The van der Waals surface area contributed by atoms with E-state index in [1.165, 1.54) is 12.2 Å². The number of aliphatic carboxylic acids is 2. The average Bonchev–Trinajstić information content (AvgIpc) is 2.27. The molecule has 2 aliphatic rings. The summed E-state index contributed by atoms with van der Waals surface area (Å²) >= 11 is 0. The zero-order valence-corrected chi connectivity index (χ0v) is 8.33. The van der Waals surface area contributed by atoms with Crippen molar-refractivity contribution in [3.8, 4) is 0 Å². The van der Waals surface area contributed by atoms with E-state index in [9.17, 15) is 9.59 Å². The highest BCUT2D eigenvalue weighted by atomic mass is 16.4. The average molecular weight is 218 g/mol. The highest BCUT2D eigenvalue weighted by molar-refractivity contribution is 5.92. The topological polar surface area (TPSA) is 74.6 Å². The maximum Gasteiger partial charge on any atom is 0.335 e. The normalized spacial score (nSPS) is 26.8. The second-order valence-corrected chi connectivity index (χ2v) is 3.73. The van der Waals surface area contributed by atoms with Crippen molar-refractivity contribution in [2.75, 3.05) is 0 Å². The van der Waals surface area contributed by atoms with Crippen LogP contribution in [0.1, 0.15) is 0 Å². The van der Waals surface area contributed by atoms with Crippen molar-refractivity contribution in [3.05, 3.63) is 47.6 Å². The van der Waals surface area contributed by atoms with Crippen LogP contribution >= 0.6 is 0 Å². The molecule has 0 saturated carbocycles. The van der Waals surface area contributed by atoms with Crippen LogP contribution < -0.4 is 0 Å². The van der Waals surface area contributed by atoms with Crippen molar-refractivity contribution in [1.29, 1.82) is 0 Å². The maximum atomic E-state index is 10.7. The molecule has 2 atom stereocenters. The first-order chi connectivity index (χ1) is 7.58. The molecule has 82 valence electrons. The Kier molecular flexibility index (Phi) is 2.48. The Labute approximate surface area is 91.9 Å². The first-order valence-corrected chi connectivity index (χ1v) is 4.84. The van der Waals surface area contributed by atoms with Gasteiger partial charge in [-0.15, -0.1) is 0 Å². The summed E-state index contributed by atoms with van der Waals surface area (Å²) < 4.78 is 0. The maximum absolute atomic E-state index is 10.7. The summed E-state index contributed by atoms with van der Waals surface area (Å²) in [5.74, 6) is -2.04. The zero-order chi connectivity index (χ0) is 11.7. The van der Waals surface area contributed by atoms with Crippen molar-refractivity contribution in [2.45, 2.75) is 0 Å². The molecule has 0 radical (unpaired) electrons. The third kappa shape index (κ3) is 1.82. The smallest absolute Gasteiger partial charge is 0.335 e. The van der Waals surface area contributed by atoms with Crippen molar-refractivity contribution in [2.24, 2.45) is 11.8 Å². The fraction of sp³-hybridized carbons (Fsp3) is 0.167. The van der Waals surface area contributed by atoms with E-state index in [2.05, 4.69) is 0 Å². The first kappa shape index (κ1) is 10.4. The fourth-order valence-corrected chi connectivity index (χ4v) is 1.83. The molecule has 0 aromatic rings. The van der Waals surface area contributed by atoms with E-state index in [4.69, 9.17) is 10.2 Å². The second kappa shape index (κ2) is 3.81. The molecule has 2 aliphatic carbocycles. The molecule has 0 aromatic carbocycles. The Morgan fingerprint density at radius 1 is 0.875 bits per heavy atom. The lowest BCUT2D eigenvalue weighted by molar-refractivity contribution is -0.133. The number of hydrogen-bond acceptors (Lipinski definition) is 2. The van der Waals surface area contributed by atoms with Crippen molar-refractivity contribution < 1.29 is 19.8 Å². The van der Waals surface area contributed by atoms with Crippen LogP contribution in [0.5, 0.6) is 0 Å². The van der Waals surface area contributed by atoms with Crippen molar-refractivity contribution in [3.63, 3.8) is 0 Å². The molecular weight excluding hydrogens is 208 g/mol. The molecule has 2 unspecified atom stereocenters. The lowest BCUT2D eigenvalue weighted by Gasteiger charge is -2.23. The number of carbonyl (C=O) groups is 2. The second-order valence-electron chi connectivity index (χ2n) is 3.73. The van der Waals surface area contributed by atoms with Crippen LogP contribution in [0.25, 0.3) is 0 Å². The monoisotopic (exact) mass is 218 g/mol. The third-order valence-corrected chi connectivity index (χ3v) is 2.68. The first-order valence-electron chi connectivity index (χ1n) is 4.84. The standard InChI is InChI=1S/C12H10O4/c13-11(14)9-3-1-7-5-10(12(15)16)4-2-8(7)6-9/h1-8H,(H,13,14)(H,15,16). The van der Waals surface area contributed by atoms with Gasteiger partial charge in [0.25, 0.3) is 0 Å². The SMILES string of the molecule is O=C(O)C1=CC2C=CC(C(=O)O)=CC2C=C1. The Morgan fingerprint density at radius 3 is 1.56 bits per heavy atom. The number of fused-ring (bicyclic) bond motifs is 1. The van der Waals surface area contributed by atoms with Crippen LogP contribution in [-0.4, -0.2) is 22.2 Å². The Morgan fingerprint density at radius 2 is 1.25 bits per heavy atom. The summed E-state index contributed by atoms with van der Waals surface area (Å²) in [6.07, 6.45) is 9.75. The highest BCUT2D eigenvalue weighted by Gasteiger charge is 2.23. The van der Waals surface area contributed by atoms with Crippen LogP contribution in [0.15, 0.2) is 47.6 Å². The quantitative estimate of drug-likeness (QED) is 0.734. The van der Waals surface area contributed by atoms with E-state index in [-0.39, 0.29) is 23.0 Å². The van der Waals surface area contributed by atoms with E-state index < -0.39 is 11.9 Å². The van der Waals surface area contributed by atoms with E-state index in [1.807, 2.05) is 0 Å². The number of carboxylic acids is 2. The Balaban J connectivity index is 2.26. The van der Waals surface area contributed by atoms with Crippen LogP contribution in [0, 0.1) is 11.8 Å². The van der Waals surface area contributed by atoms with E-state index in [0.717, 1.165) is 0 Å². The summed E-state index contributed by atoms with van der Waals surface area (Å²) in [6.45, 7) is 0. The molecule has 0 fully saturated rings. The molecule has 0 bridgehead atoms. The van der Waals surface area contributed by atoms with Crippen molar-refractivity contribution in [1.82, 2.24) is 0 Å². The van der Waals surface area contributed by atoms with E-state index >= 15 is 0 Å². The minimum atomic E-state index is -0.962. The van der Waals surface area contributed by atoms with Gasteiger partial charge in [-0.2, -0.15) is 0 Å². The molecule has 16 heavy (non-hydrogen) atoms. The van der Waals surface area contributed by atoms with Gasteiger partial charge >= 0.3 is 11.9 Å². The molecule has 2 rings (SSSR count). The summed E-state index contributed by atoms with van der Waals surface area (Å²) in [5.41, 5.74) is 0.496. The van der Waals surface area contributed by atoms with Crippen LogP contribution in [0.4, 0.5) is 0 Å². The minimum absolute atomic E-state index is 0.0563. The lowest BCUT2D eigenvalue weighted by Crippen LogP contribution is -2.17. The predicted octanol–water partition coefficient (Wildman–Crippen LogP) is 1.38. The third-order valence-electron chi connectivity index (χ3n) is 2.68. The van der Waals surface area contributed by atoms with Gasteiger partial charge in [-0.25, -0.2) is 9.59 Å². The largest absolute Gasteiger partial charge is 0.478 e. The van der Waals surface area contributed by atoms with Gasteiger partial charge in [0.2, 0.25) is 0 Å². The van der Waals surface area contributed by atoms with Gasteiger partial charge in [-0.3, -0.25) is 0 Å². The summed E-state index contributed by atoms with van der Waals surface area (Å²) in [6, 6.07) is 0. The van der Waals surface area contributed by atoms with Gasteiger partial charge in [-0.05, 0) is 0 Å². The molecule has 4 nitrogen and oxygen atoms in total. The predicted molar refractivity (Wildman–Crippen MR) is 56.7 cm³/mol. The zero-order valence-electron chi connectivity index (χ0n) is 8.33. The summed E-state index contributed by atoms with van der Waals surface area (Å²) in [5, 5.41) is 17.6. The van der Waals surface area contributed by atoms with Gasteiger partial charge < -0.3 is 10.2 Å². The molecule has 0 amide bonds. The Bertz CT molecular complexity index is 421. The molecule has 0 heterocycles. The lowest BCUT2D eigenvalue weighted by atomic mass is 9.81. The van der Waals surface area contributed by atoms with Gasteiger partial charge in [0.15, 0.2) is 0 Å². The molecule has 2 N–H and O–H groups in total. The molecular formula is C12H10O4. The number of hydrogen-bond donors (Lipinski definition) is 2. The Hall–Kier alpha value is -2.10. The van der Waals surface area contributed by atoms with Gasteiger partial charge in [0, 0.05) is 11.8 Å². The summed E-state index contributed by atoms with van der Waals surface area (Å²) in [4.78, 5) is 21.5. The van der Waals surface area contributed by atoms with E-state index in [0.29, 0.717) is 0 Å². The molecule has 4 heteroatoms. The van der Waals surface area contributed by atoms with E-state index in [1.54, 1.807) is 24.3 Å². The van der Waals surface area contributed by atoms with Gasteiger partial charge in [0.05, 0.1) is 11.1 Å². The molecule has 0 spiro atoms. The van der Waals surface area contributed by atoms with Crippen LogP contribution in [-0.2, 0) is 9.59 Å². The highest BCUT2D eigenvalue weighted by Crippen LogP contribution is 2.30. The number of allylic oxidation sites excluding steroid dienone is 4. The summed E-state index contributed by atoms with van der Waals surface area (Å²) in [7, 11) is 0. The van der Waals surface area contributed by atoms with Gasteiger partial charge in [0.1, 0.15) is 0 Å². The molecule has 0 saturated heterocycles.